The van der Waals surface area contributed by atoms with Crippen LogP contribution in [-0.2, 0) is 9.96 Å². The Morgan fingerprint density at radius 2 is 2.00 bits per heavy atom. The first-order valence-corrected chi connectivity index (χ1v) is 6.39. The zero-order chi connectivity index (χ0) is 10.7. The molecule has 0 saturated carbocycles. The molecule has 0 aromatic heterocycles. The number of hydrogen-bond acceptors (Lipinski definition) is 2. The summed E-state index contributed by atoms with van der Waals surface area (Å²) in [4.78, 5) is 0. The third-order valence-corrected chi connectivity index (χ3v) is 4.46. The van der Waals surface area contributed by atoms with Crippen LogP contribution >= 0.6 is 0 Å². The van der Waals surface area contributed by atoms with E-state index in [1.807, 2.05) is 24.3 Å². The van der Waals surface area contributed by atoms with Crippen molar-refractivity contribution in [2.75, 3.05) is 6.61 Å². The minimum Gasteiger partial charge on any atom is -0.375 e. The average molecular weight is 217 g/mol. The first-order valence-electron chi connectivity index (χ1n) is 5.39. The molecule has 0 bridgehead atoms. The van der Waals surface area contributed by atoms with Crippen LogP contribution in [0.15, 0.2) is 24.3 Å². The van der Waals surface area contributed by atoms with Crippen molar-refractivity contribution in [1.82, 2.24) is 0 Å². The normalized spacial score (nSPS) is 26.1. The Morgan fingerprint density at radius 1 is 1.27 bits per heavy atom. The van der Waals surface area contributed by atoms with Crippen molar-refractivity contribution in [2.45, 2.75) is 24.5 Å². The van der Waals surface area contributed by atoms with Gasteiger partial charge in [-0.15, -0.1) is 0 Å². The Morgan fingerprint density at radius 3 is 2.53 bits per heavy atom. The first-order chi connectivity index (χ1) is 7.24. The SMILES string of the molecule is N#Cc1ccc(C2([SiH3])CCCCO2)cc1. The quantitative estimate of drug-likeness (QED) is 0.664. The summed E-state index contributed by atoms with van der Waals surface area (Å²) < 4.78 is 5.90. The Hall–Kier alpha value is -1.11. The number of rotatable bonds is 1. The molecule has 0 spiro atoms. The summed E-state index contributed by atoms with van der Waals surface area (Å²) in [6.45, 7) is 0.878. The van der Waals surface area contributed by atoms with Gasteiger partial charge in [-0.25, -0.2) is 0 Å². The zero-order valence-corrected chi connectivity index (χ0v) is 11.0. The van der Waals surface area contributed by atoms with Gasteiger partial charge in [0.2, 0.25) is 0 Å². The summed E-state index contributed by atoms with van der Waals surface area (Å²) in [6.07, 6.45) is 3.56. The van der Waals surface area contributed by atoms with Crippen molar-refractivity contribution >= 4 is 10.2 Å². The second kappa shape index (κ2) is 4.17. The Labute approximate surface area is 93.3 Å². The number of ether oxygens (including phenoxy) is 1. The van der Waals surface area contributed by atoms with E-state index in [2.05, 4.69) is 6.07 Å². The first kappa shape index (κ1) is 10.4. The van der Waals surface area contributed by atoms with Crippen molar-refractivity contribution in [2.24, 2.45) is 0 Å². The molecule has 0 radical (unpaired) electrons. The minimum atomic E-state index is -0.00770. The highest BCUT2D eigenvalue weighted by Crippen LogP contribution is 2.31. The monoisotopic (exact) mass is 217 g/mol. The second-order valence-electron chi connectivity index (χ2n) is 4.23. The molecule has 1 unspecified atom stereocenters. The molecule has 1 aliphatic heterocycles. The van der Waals surface area contributed by atoms with Crippen LogP contribution in [0, 0.1) is 11.3 Å². The lowest BCUT2D eigenvalue weighted by Crippen LogP contribution is -2.33. The molecule has 2 nitrogen and oxygen atoms in total. The number of hydrogen-bond donors (Lipinski definition) is 0. The van der Waals surface area contributed by atoms with Crippen LogP contribution in [0.5, 0.6) is 0 Å². The predicted octanol–water partition coefficient (Wildman–Crippen LogP) is 1.28. The van der Waals surface area contributed by atoms with Gasteiger partial charge < -0.3 is 4.74 Å². The zero-order valence-electron chi connectivity index (χ0n) is 8.99. The summed E-state index contributed by atoms with van der Waals surface area (Å²) in [7, 11) is 1.01. The third-order valence-electron chi connectivity index (χ3n) is 3.09. The molecule has 1 heterocycles. The topological polar surface area (TPSA) is 33.0 Å². The van der Waals surface area contributed by atoms with Crippen LogP contribution in [0.4, 0.5) is 0 Å². The van der Waals surface area contributed by atoms with Gasteiger partial charge in [0.25, 0.3) is 0 Å². The fraction of sp³-hybridized carbons (Fsp3) is 0.417. The summed E-state index contributed by atoms with van der Waals surface area (Å²) >= 11 is 0. The van der Waals surface area contributed by atoms with Crippen LogP contribution in [0.3, 0.4) is 0 Å². The van der Waals surface area contributed by atoms with Gasteiger partial charge in [0, 0.05) is 16.8 Å². The molecule has 0 N–H and O–H groups in total. The van der Waals surface area contributed by atoms with Gasteiger partial charge >= 0.3 is 0 Å². The van der Waals surface area contributed by atoms with E-state index in [0.29, 0.717) is 0 Å². The average Bonchev–Trinajstić information content (AvgIpc) is 2.30. The molecule has 78 valence electrons. The summed E-state index contributed by atoms with van der Waals surface area (Å²) in [5.41, 5.74) is 1.97. The van der Waals surface area contributed by atoms with Crippen LogP contribution in [0.25, 0.3) is 0 Å². The Bertz CT molecular complexity index is 374. The summed E-state index contributed by atoms with van der Waals surface area (Å²) in [6, 6.07) is 9.98. The molecule has 1 aromatic carbocycles. The lowest BCUT2D eigenvalue weighted by Gasteiger charge is -2.34. The van der Waals surface area contributed by atoms with Gasteiger partial charge in [0.15, 0.2) is 0 Å². The van der Waals surface area contributed by atoms with Crippen molar-refractivity contribution in [3.63, 3.8) is 0 Å². The van der Waals surface area contributed by atoms with Crippen LogP contribution in [0.2, 0.25) is 0 Å². The minimum absolute atomic E-state index is 0.00770. The molecule has 0 aliphatic carbocycles. The maximum atomic E-state index is 8.73. The highest BCUT2D eigenvalue weighted by Gasteiger charge is 2.29. The van der Waals surface area contributed by atoms with Gasteiger partial charge in [-0.05, 0) is 37.0 Å². The molecule has 0 amide bonds. The molecule has 2 rings (SSSR count). The molecule has 15 heavy (non-hydrogen) atoms. The summed E-state index contributed by atoms with van der Waals surface area (Å²) in [5.74, 6) is 0. The third kappa shape index (κ3) is 2.11. The number of benzene rings is 1. The Kier molecular flexibility index (Phi) is 2.90. The van der Waals surface area contributed by atoms with E-state index in [1.54, 1.807) is 0 Å². The van der Waals surface area contributed by atoms with Crippen molar-refractivity contribution < 1.29 is 4.74 Å². The lowest BCUT2D eigenvalue weighted by atomic mass is 9.99. The van der Waals surface area contributed by atoms with E-state index in [1.165, 1.54) is 18.4 Å². The fourth-order valence-corrected chi connectivity index (χ4v) is 2.95. The second-order valence-corrected chi connectivity index (χ2v) is 5.84. The number of nitriles is 1. The van der Waals surface area contributed by atoms with Crippen molar-refractivity contribution in [3.05, 3.63) is 35.4 Å². The van der Waals surface area contributed by atoms with Crippen LogP contribution < -0.4 is 0 Å². The molecule has 1 saturated heterocycles. The maximum Gasteiger partial charge on any atom is 0.0991 e. The van der Waals surface area contributed by atoms with Gasteiger partial charge in [0.1, 0.15) is 0 Å². The molecule has 1 aliphatic rings. The smallest absolute Gasteiger partial charge is 0.0991 e. The predicted molar refractivity (Wildman–Crippen MR) is 62.6 cm³/mol. The molecular formula is C12H15NOSi. The highest BCUT2D eigenvalue weighted by molar-refractivity contribution is 6.14. The highest BCUT2D eigenvalue weighted by atomic mass is 28.1. The number of nitrogens with zero attached hydrogens (tertiary/aromatic N) is 1. The van der Waals surface area contributed by atoms with Gasteiger partial charge in [-0.2, -0.15) is 5.26 Å². The van der Waals surface area contributed by atoms with Gasteiger partial charge in [0.05, 0.1) is 16.9 Å². The largest absolute Gasteiger partial charge is 0.375 e. The van der Waals surface area contributed by atoms with Crippen molar-refractivity contribution in [3.8, 4) is 6.07 Å². The van der Waals surface area contributed by atoms with Gasteiger partial charge in [-0.1, -0.05) is 12.1 Å². The van der Waals surface area contributed by atoms with E-state index in [-0.39, 0.29) is 5.22 Å². The molecule has 1 atom stereocenters. The van der Waals surface area contributed by atoms with E-state index < -0.39 is 0 Å². The molecule has 1 fully saturated rings. The van der Waals surface area contributed by atoms with Crippen molar-refractivity contribution in [1.29, 1.82) is 5.26 Å². The Balaban J connectivity index is 2.24. The van der Waals surface area contributed by atoms with Crippen LogP contribution in [-0.4, -0.2) is 16.8 Å². The lowest BCUT2D eigenvalue weighted by molar-refractivity contribution is -0.0210. The van der Waals surface area contributed by atoms with E-state index in [0.717, 1.165) is 28.8 Å². The van der Waals surface area contributed by atoms with Gasteiger partial charge in [-0.3, -0.25) is 0 Å². The van der Waals surface area contributed by atoms with Crippen LogP contribution in [0.1, 0.15) is 30.4 Å². The summed E-state index contributed by atoms with van der Waals surface area (Å²) in [5, 5.41) is 8.72. The molecule has 1 aromatic rings. The van der Waals surface area contributed by atoms with E-state index >= 15 is 0 Å². The van der Waals surface area contributed by atoms with E-state index in [9.17, 15) is 0 Å². The van der Waals surface area contributed by atoms with E-state index in [4.69, 9.17) is 10.00 Å². The maximum absolute atomic E-state index is 8.73. The molecular weight excluding hydrogens is 202 g/mol. The standard InChI is InChI=1S/C12H15NOSi/c13-9-10-3-5-11(6-4-10)12(15)7-1-2-8-14-12/h3-6H,1-2,7-8H2,15H3. The fourth-order valence-electron chi connectivity index (χ4n) is 2.06. The molecule has 3 heteroatoms.